The van der Waals surface area contributed by atoms with Crippen LogP contribution in [0.15, 0.2) is 95.3 Å². The van der Waals surface area contributed by atoms with Gasteiger partial charge in [-0.1, -0.05) is 36.4 Å². The van der Waals surface area contributed by atoms with E-state index >= 15 is 0 Å². The van der Waals surface area contributed by atoms with Gasteiger partial charge in [0.15, 0.2) is 4.96 Å². The molecule has 0 aliphatic carbocycles. The number of aromatic amines is 1. The number of rotatable bonds is 2. The van der Waals surface area contributed by atoms with E-state index in [9.17, 15) is 14.4 Å². The third-order valence-corrected chi connectivity index (χ3v) is 6.82. The first-order valence-corrected chi connectivity index (χ1v) is 11.5. The van der Waals surface area contributed by atoms with E-state index in [4.69, 9.17) is 8.83 Å². The molecule has 9 heteroatoms. The molecular formula is C26H13N3O5S. The maximum absolute atomic E-state index is 13.5. The molecule has 0 aliphatic heterocycles. The highest BCUT2D eigenvalue weighted by atomic mass is 32.1. The van der Waals surface area contributed by atoms with Crippen molar-refractivity contribution in [3.8, 4) is 22.5 Å². The molecule has 0 saturated heterocycles. The number of aromatic nitrogens is 3. The van der Waals surface area contributed by atoms with Crippen molar-refractivity contribution in [2.75, 3.05) is 0 Å². The molecule has 0 saturated carbocycles. The Hall–Kier alpha value is -4.76. The van der Waals surface area contributed by atoms with Crippen molar-refractivity contribution in [1.82, 2.24) is 14.4 Å². The largest absolute Gasteiger partial charge is 0.422 e. The van der Waals surface area contributed by atoms with Gasteiger partial charge in [0.1, 0.15) is 16.8 Å². The molecule has 0 aliphatic rings. The summed E-state index contributed by atoms with van der Waals surface area (Å²) in [5.41, 5.74) is 1.26. The van der Waals surface area contributed by atoms with Gasteiger partial charge < -0.3 is 13.8 Å². The van der Waals surface area contributed by atoms with Gasteiger partial charge in [0.05, 0.1) is 27.9 Å². The Morgan fingerprint density at radius 3 is 2.14 bits per heavy atom. The van der Waals surface area contributed by atoms with Crippen molar-refractivity contribution >= 4 is 49.3 Å². The lowest BCUT2D eigenvalue weighted by Crippen LogP contribution is -2.16. The standard InChI is InChI=1S/C26H13N3O5S/c30-23-17-11-18(15-9-13-5-1-3-7-20(13)33-24(15)31)27-22(17)28-26-29(23)19(12-35-26)16-10-14-6-2-4-8-21(14)34-25(16)32/h1-12,27H. The number of nitrogens with one attached hydrogen (secondary N) is 1. The summed E-state index contributed by atoms with van der Waals surface area (Å²) in [5, 5.41) is 3.50. The lowest BCUT2D eigenvalue weighted by Gasteiger charge is -2.02. The number of nitrogens with zero attached hydrogens (tertiary/aromatic N) is 2. The first-order valence-electron chi connectivity index (χ1n) is 10.7. The Morgan fingerprint density at radius 2 is 1.43 bits per heavy atom. The average molecular weight is 479 g/mol. The zero-order valence-electron chi connectivity index (χ0n) is 17.8. The van der Waals surface area contributed by atoms with Gasteiger partial charge in [0.25, 0.3) is 5.56 Å². The van der Waals surface area contributed by atoms with E-state index in [1.54, 1.807) is 47.8 Å². The average Bonchev–Trinajstić information content (AvgIpc) is 3.48. The second-order valence-electron chi connectivity index (χ2n) is 8.07. The van der Waals surface area contributed by atoms with Crippen molar-refractivity contribution < 1.29 is 8.83 Å². The molecule has 0 radical (unpaired) electrons. The van der Waals surface area contributed by atoms with E-state index in [0.29, 0.717) is 38.7 Å². The fourth-order valence-corrected chi connectivity index (χ4v) is 5.20. The molecule has 0 atom stereocenters. The number of hydrogen-bond donors (Lipinski definition) is 1. The molecule has 5 aromatic heterocycles. The fourth-order valence-electron chi connectivity index (χ4n) is 4.32. The van der Waals surface area contributed by atoms with Crippen molar-refractivity contribution in [3.63, 3.8) is 0 Å². The van der Waals surface area contributed by atoms with E-state index in [1.165, 1.54) is 15.7 Å². The van der Waals surface area contributed by atoms with Crippen LogP contribution in [0.3, 0.4) is 0 Å². The number of para-hydroxylation sites is 2. The van der Waals surface area contributed by atoms with E-state index in [1.807, 2.05) is 24.3 Å². The molecule has 0 amide bonds. The van der Waals surface area contributed by atoms with E-state index in [2.05, 4.69) is 9.97 Å². The molecular weight excluding hydrogens is 466 g/mol. The summed E-state index contributed by atoms with van der Waals surface area (Å²) >= 11 is 1.23. The summed E-state index contributed by atoms with van der Waals surface area (Å²) in [6.45, 7) is 0. The van der Waals surface area contributed by atoms with Crippen molar-refractivity contribution in [1.29, 1.82) is 0 Å². The maximum Gasteiger partial charge on any atom is 0.345 e. The topological polar surface area (TPSA) is 111 Å². The number of fused-ring (bicyclic) bond motifs is 4. The zero-order valence-corrected chi connectivity index (χ0v) is 18.6. The van der Waals surface area contributed by atoms with Gasteiger partial charge >= 0.3 is 11.3 Å². The van der Waals surface area contributed by atoms with E-state index < -0.39 is 11.3 Å². The van der Waals surface area contributed by atoms with Crippen molar-refractivity contribution in [3.05, 3.63) is 103 Å². The normalized spacial score (nSPS) is 11.8. The highest BCUT2D eigenvalue weighted by Crippen LogP contribution is 2.27. The summed E-state index contributed by atoms with van der Waals surface area (Å²) in [4.78, 5) is 47.0. The minimum Gasteiger partial charge on any atom is -0.422 e. The molecule has 2 aromatic carbocycles. The first-order chi connectivity index (χ1) is 17.1. The Labute approximate surface area is 198 Å². The van der Waals surface area contributed by atoms with Gasteiger partial charge in [-0.05, 0) is 30.3 Å². The van der Waals surface area contributed by atoms with Crippen LogP contribution in [0.1, 0.15) is 0 Å². The molecule has 1 N–H and O–H groups in total. The third-order valence-electron chi connectivity index (χ3n) is 5.99. The van der Waals surface area contributed by atoms with Crippen LogP contribution in [0.5, 0.6) is 0 Å². The third kappa shape index (κ3) is 2.92. The predicted octanol–water partition coefficient (Wildman–Crippen LogP) is 4.78. The number of hydrogen-bond acceptors (Lipinski definition) is 7. The minimum atomic E-state index is -0.543. The van der Waals surface area contributed by atoms with Crippen LogP contribution in [0, 0.1) is 0 Å². The van der Waals surface area contributed by atoms with Crippen LogP contribution in [0.4, 0.5) is 0 Å². The highest BCUT2D eigenvalue weighted by molar-refractivity contribution is 7.15. The van der Waals surface area contributed by atoms with Crippen LogP contribution in [0.2, 0.25) is 0 Å². The van der Waals surface area contributed by atoms with Gasteiger partial charge in [-0.15, -0.1) is 11.3 Å². The molecule has 7 aromatic rings. The lowest BCUT2D eigenvalue weighted by atomic mass is 10.1. The lowest BCUT2D eigenvalue weighted by molar-refractivity contribution is 0.563. The molecule has 35 heavy (non-hydrogen) atoms. The van der Waals surface area contributed by atoms with Gasteiger partial charge in [-0.25, -0.2) is 14.6 Å². The SMILES string of the molecule is O=c1oc2ccccc2cc1-c1cc2c(=O)n3c(-c4cc5ccccc5oc4=O)csc3nc2[nH]1. The summed E-state index contributed by atoms with van der Waals surface area (Å²) in [6, 6.07) is 19.4. The second-order valence-corrected chi connectivity index (χ2v) is 8.91. The molecule has 0 unspecified atom stereocenters. The fraction of sp³-hybridized carbons (Fsp3) is 0. The summed E-state index contributed by atoms with van der Waals surface area (Å²) in [5.74, 6) is 0. The quantitative estimate of drug-likeness (QED) is 0.357. The van der Waals surface area contributed by atoms with Gasteiger partial charge in [0.2, 0.25) is 0 Å². The van der Waals surface area contributed by atoms with Crippen LogP contribution in [-0.4, -0.2) is 14.4 Å². The monoisotopic (exact) mass is 479 g/mol. The Kier molecular flexibility index (Phi) is 4.00. The first kappa shape index (κ1) is 19.7. The molecule has 8 nitrogen and oxygen atoms in total. The van der Waals surface area contributed by atoms with Crippen LogP contribution >= 0.6 is 11.3 Å². The molecule has 0 spiro atoms. The van der Waals surface area contributed by atoms with Crippen molar-refractivity contribution in [2.45, 2.75) is 0 Å². The van der Waals surface area contributed by atoms with Gasteiger partial charge in [-0.2, -0.15) is 0 Å². The molecule has 0 bridgehead atoms. The smallest absolute Gasteiger partial charge is 0.345 e. The van der Waals surface area contributed by atoms with Crippen LogP contribution in [0.25, 0.3) is 60.4 Å². The van der Waals surface area contributed by atoms with Crippen molar-refractivity contribution in [2.24, 2.45) is 0 Å². The van der Waals surface area contributed by atoms with Crippen LogP contribution < -0.4 is 16.8 Å². The summed E-state index contributed by atoms with van der Waals surface area (Å²) < 4.78 is 12.3. The zero-order chi connectivity index (χ0) is 23.7. The minimum absolute atomic E-state index is 0.268. The molecule has 0 fully saturated rings. The van der Waals surface area contributed by atoms with E-state index in [0.717, 1.165) is 10.8 Å². The number of H-pyrrole nitrogens is 1. The summed E-state index contributed by atoms with van der Waals surface area (Å²) in [7, 11) is 0. The molecule has 7 rings (SSSR count). The van der Waals surface area contributed by atoms with Gasteiger partial charge in [0, 0.05) is 16.2 Å². The maximum atomic E-state index is 13.5. The highest BCUT2D eigenvalue weighted by Gasteiger charge is 2.19. The Morgan fingerprint density at radius 1 is 0.800 bits per heavy atom. The molecule has 168 valence electrons. The number of thiazole rings is 1. The Balaban J connectivity index is 1.46. The number of benzene rings is 2. The molecule has 5 heterocycles. The van der Waals surface area contributed by atoms with Gasteiger partial charge in [-0.3, -0.25) is 9.20 Å². The second kappa shape index (κ2) is 7.12. The summed E-state index contributed by atoms with van der Waals surface area (Å²) in [6.07, 6.45) is 0. The van der Waals surface area contributed by atoms with E-state index in [-0.39, 0.29) is 16.5 Å². The van der Waals surface area contributed by atoms with Crippen LogP contribution in [-0.2, 0) is 0 Å². The predicted molar refractivity (Wildman–Crippen MR) is 134 cm³/mol. The Bertz CT molecular complexity index is 2140.